The lowest BCUT2D eigenvalue weighted by molar-refractivity contribution is -0.151. The maximum absolute atomic E-state index is 13.8. The van der Waals surface area contributed by atoms with Crippen molar-refractivity contribution in [2.45, 2.75) is 61.5 Å². The number of hydrogen-bond donors (Lipinski definition) is 3. The highest BCUT2D eigenvalue weighted by Gasteiger charge is 2.42. The number of rotatable bonds is 9. The summed E-state index contributed by atoms with van der Waals surface area (Å²) < 4.78 is 72.1. The van der Waals surface area contributed by atoms with E-state index in [0.29, 0.717) is 31.6 Å². The first-order valence-corrected chi connectivity index (χ1v) is 13.8. The number of piperidine rings is 1. The van der Waals surface area contributed by atoms with Gasteiger partial charge in [0.15, 0.2) is 0 Å². The number of halogens is 6. The van der Waals surface area contributed by atoms with Crippen LogP contribution in [0, 0.1) is 5.92 Å². The number of nitrogens with zero attached hydrogens (tertiary/aromatic N) is 3. The van der Waals surface area contributed by atoms with Gasteiger partial charge in [-0.1, -0.05) is 6.08 Å². The zero-order valence-corrected chi connectivity index (χ0v) is 23.2. The van der Waals surface area contributed by atoms with E-state index in [0.717, 1.165) is 17.5 Å². The van der Waals surface area contributed by atoms with Crippen molar-refractivity contribution in [1.29, 1.82) is 0 Å². The van der Waals surface area contributed by atoms with Crippen molar-refractivity contribution in [2.75, 3.05) is 46.9 Å². The highest BCUT2D eigenvalue weighted by molar-refractivity contribution is 6.22. The van der Waals surface area contributed by atoms with Gasteiger partial charge in [-0.25, -0.2) is 8.78 Å². The van der Waals surface area contributed by atoms with E-state index in [9.17, 15) is 26.7 Å². The second-order valence-electron chi connectivity index (χ2n) is 10.6. The molecule has 0 aromatic rings. The first-order valence-electron chi connectivity index (χ1n) is 13.4. The van der Waals surface area contributed by atoms with Crippen LogP contribution in [0.3, 0.4) is 0 Å². The van der Waals surface area contributed by atoms with Crippen LogP contribution < -0.4 is 16.0 Å². The van der Waals surface area contributed by atoms with Crippen molar-refractivity contribution < 1.29 is 31.5 Å². The summed E-state index contributed by atoms with van der Waals surface area (Å²) in [4.78, 5) is 20.9. The number of likely N-dealkylation sites (tertiary alicyclic amines) is 1. The Morgan fingerprint density at radius 1 is 1.35 bits per heavy atom. The first-order chi connectivity index (χ1) is 18.9. The van der Waals surface area contributed by atoms with Gasteiger partial charge in [0.25, 0.3) is 5.92 Å². The lowest BCUT2D eigenvalue weighted by Crippen LogP contribution is -2.53. The summed E-state index contributed by atoms with van der Waals surface area (Å²) in [6.07, 6.45) is 0.000947. The van der Waals surface area contributed by atoms with Crippen molar-refractivity contribution in [3.63, 3.8) is 0 Å². The van der Waals surface area contributed by atoms with Crippen LogP contribution in [0.4, 0.5) is 22.0 Å². The molecular weight excluding hydrogens is 559 g/mol. The number of carbonyl (C=O) groups excluding carboxylic acids is 1. The summed E-state index contributed by atoms with van der Waals surface area (Å²) in [6.45, 7) is 1.35. The Morgan fingerprint density at radius 3 is 2.70 bits per heavy atom. The third kappa shape index (κ3) is 7.34. The molecular formula is C26H36ClF5N6O2. The topological polar surface area (TPSA) is 81.2 Å². The number of hydrogen-bond acceptors (Lipinski definition) is 7. The molecule has 4 rings (SSSR count). The van der Waals surface area contributed by atoms with Gasteiger partial charge in [0, 0.05) is 75.2 Å². The number of likely N-dealkylation sites (N-methyl/N-ethyl adjacent to an activating group) is 1. The normalized spacial score (nSPS) is 29.4. The second-order valence-corrected chi connectivity index (χ2v) is 11.1. The number of amides is 1. The average Bonchev–Trinajstić information content (AvgIpc) is 2.91. The fourth-order valence-electron chi connectivity index (χ4n) is 5.40. The number of ether oxygens (including phenoxy) is 1. The van der Waals surface area contributed by atoms with Crippen molar-refractivity contribution in [3.8, 4) is 0 Å². The third-order valence-corrected chi connectivity index (χ3v) is 8.29. The summed E-state index contributed by atoms with van der Waals surface area (Å²) in [7, 11) is 3.61. The van der Waals surface area contributed by atoms with Crippen LogP contribution in [-0.4, -0.2) is 105 Å². The molecule has 5 unspecified atom stereocenters. The molecule has 8 nitrogen and oxygen atoms in total. The van der Waals surface area contributed by atoms with Gasteiger partial charge in [-0.2, -0.15) is 13.2 Å². The predicted octanol–water partition coefficient (Wildman–Crippen LogP) is 2.98. The van der Waals surface area contributed by atoms with E-state index in [2.05, 4.69) is 25.8 Å². The summed E-state index contributed by atoms with van der Waals surface area (Å²) in [5.41, 5.74) is 2.11. The van der Waals surface area contributed by atoms with Gasteiger partial charge in [0.1, 0.15) is 0 Å². The van der Waals surface area contributed by atoms with E-state index in [-0.39, 0.29) is 44.5 Å². The standard InChI is InChI=1S/C26H36ClF5N6O2/c1-37(11-12-40-2)21-6-3-17-19(36-21)5-4-18(27)22(17)23(39)33-15-20(38-9-7-25(28,29)8-10-38)16-13-34-24(35-14-16)26(30,31)32/h3,6,13-14,18,20-22,24,34,36H,4-5,7-12,15H2,1-2H3,(H,33,39). The molecule has 3 N–H and O–H groups in total. The van der Waals surface area contributed by atoms with E-state index in [4.69, 9.17) is 16.3 Å². The summed E-state index contributed by atoms with van der Waals surface area (Å²) in [6, 6.07) is -0.643. The number of dihydropyridines is 1. The van der Waals surface area contributed by atoms with Crippen LogP contribution in [0.5, 0.6) is 0 Å². The molecule has 0 spiro atoms. The predicted molar refractivity (Wildman–Crippen MR) is 142 cm³/mol. The van der Waals surface area contributed by atoms with Crippen molar-refractivity contribution in [1.82, 2.24) is 25.8 Å². The zero-order valence-electron chi connectivity index (χ0n) is 22.5. The molecule has 0 aromatic heterocycles. The van der Waals surface area contributed by atoms with Crippen LogP contribution in [-0.2, 0) is 9.53 Å². The Balaban J connectivity index is 1.46. The van der Waals surface area contributed by atoms with Crippen molar-refractivity contribution >= 4 is 23.7 Å². The van der Waals surface area contributed by atoms with Crippen LogP contribution in [0.15, 0.2) is 40.2 Å². The fraction of sp³-hybridized carbons (Fsp3) is 0.692. The number of allylic oxidation sites excluding steroid dienone is 2. The minimum absolute atomic E-state index is 0.00285. The molecule has 3 heterocycles. The van der Waals surface area contributed by atoms with E-state index >= 15 is 0 Å². The van der Waals surface area contributed by atoms with E-state index in [1.54, 1.807) is 12.0 Å². The number of aliphatic imine (C=N–C) groups is 1. The molecule has 0 saturated carbocycles. The number of methoxy groups -OCH3 is 1. The Labute approximate surface area is 235 Å². The van der Waals surface area contributed by atoms with E-state index in [1.807, 2.05) is 19.2 Å². The minimum Gasteiger partial charge on any atom is -0.383 e. The van der Waals surface area contributed by atoms with Crippen LogP contribution in [0.25, 0.3) is 0 Å². The highest BCUT2D eigenvalue weighted by Crippen LogP contribution is 2.36. The maximum Gasteiger partial charge on any atom is 0.429 e. The van der Waals surface area contributed by atoms with Crippen LogP contribution >= 0.6 is 11.6 Å². The highest BCUT2D eigenvalue weighted by atomic mass is 35.5. The van der Waals surface area contributed by atoms with Gasteiger partial charge in [0.05, 0.1) is 24.7 Å². The molecule has 0 bridgehead atoms. The second kappa shape index (κ2) is 12.7. The molecule has 224 valence electrons. The molecule has 1 fully saturated rings. The molecule has 5 atom stereocenters. The fourth-order valence-corrected chi connectivity index (χ4v) is 5.76. The number of carbonyl (C=O) groups is 1. The maximum atomic E-state index is 13.8. The number of nitrogens with one attached hydrogen (secondary N) is 3. The smallest absolute Gasteiger partial charge is 0.383 e. The largest absolute Gasteiger partial charge is 0.429 e. The summed E-state index contributed by atoms with van der Waals surface area (Å²) >= 11 is 6.64. The Bertz CT molecular complexity index is 1040. The molecule has 1 saturated heterocycles. The molecule has 40 heavy (non-hydrogen) atoms. The monoisotopic (exact) mass is 594 g/mol. The van der Waals surface area contributed by atoms with Crippen LogP contribution in [0.2, 0.25) is 0 Å². The number of alkyl halides is 6. The van der Waals surface area contributed by atoms with Gasteiger partial charge < -0.3 is 20.7 Å². The molecule has 4 aliphatic rings. The molecule has 3 aliphatic heterocycles. The third-order valence-electron chi connectivity index (χ3n) is 7.82. The van der Waals surface area contributed by atoms with Gasteiger partial charge in [-0.05, 0) is 31.5 Å². The lowest BCUT2D eigenvalue weighted by atomic mass is 9.82. The Kier molecular flexibility index (Phi) is 9.79. The van der Waals surface area contributed by atoms with Crippen LogP contribution in [0.1, 0.15) is 25.7 Å². The Hall–Kier alpha value is -2.22. The van der Waals surface area contributed by atoms with E-state index in [1.165, 1.54) is 6.20 Å². The minimum atomic E-state index is -4.57. The first kappa shape index (κ1) is 30.7. The van der Waals surface area contributed by atoms with Gasteiger partial charge in [-0.3, -0.25) is 19.6 Å². The lowest BCUT2D eigenvalue weighted by Gasteiger charge is -2.39. The van der Waals surface area contributed by atoms with Gasteiger partial charge in [-0.15, -0.1) is 11.6 Å². The van der Waals surface area contributed by atoms with Gasteiger partial charge in [0.2, 0.25) is 12.1 Å². The Morgan fingerprint density at radius 2 is 2.08 bits per heavy atom. The molecule has 0 aromatic carbocycles. The molecule has 0 radical (unpaired) electrons. The summed E-state index contributed by atoms with van der Waals surface area (Å²) in [5, 5.41) is 8.17. The molecule has 14 heteroatoms. The van der Waals surface area contributed by atoms with Crippen molar-refractivity contribution in [3.05, 3.63) is 35.2 Å². The zero-order chi connectivity index (χ0) is 29.1. The average molecular weight is 595 g/mol. The molecule has 1 aliphatic carbocycles. The van der Waals surface area contributed by atoms with E-state index < -0.39 is 35.6 Å². The van der Waals surface area contributed by atoms with Crippen molar-refractivity contribution in [2.24, 2.45) is 10.9 Å². The quantitative estimate of drug-likeness (QED) is 0.281. The van der Waals surface area contributed by atoms with Gasteiger partial charge >= 0.3 is 6.18 Å². The summed E-state index contributed by atoms with van der Waals surface area (Å²) in [5.74, 6) is -3.77. The SMILES string of the molecule is COCCN(C)C1C=CC2=C(CCC(Cl)C2C(=O)NCC(C2=CNC(C(F)(F)F)N=C2)N2CCC(F)(F)CC2)N1. The molecule has 1 amide bonds.